The number of carbonyl (C=O) groups is 1. The van der Waals surface area contributed by atoms with E-state index in [9.17, 15) is 15.0 Å². The third-order valence-corrected chi connectivity index (χ3v) is 3.08. The van der Waals surface area contributed by atoms with E-state index < -0.39 is 43.3 Å². The molecule has 2 aliphatic heterocycles. The van der Waals surface area contributed by atoms with Gasteiger partial charge in [-0.05, 0) is 6.42 Å². The van der Waals surface area contributed by atoms with Gasteiger partial charge < -0.3 is 31.1 Å². The van der Waals surface area contributed by atoms with Crippen LogP contribution in [0.4, 0.5) is 4.79 Å². The molecule has 2 aliphatic rings. The number of hydrogen-bond acceptors (Lipinski definition) is 6. The van der Waals surface area contributed by atoms with Crippen LogP contribution in [-0.4, -0.2) is 70.1 Å². The number of hydrogen-bond donors (Lipinski definition) is 5. The Hall–Kier alpha value is -0.930. The summed E-state index contributed by atoms with van der Waals surface area (Å²) in [7, 11) is 0. The quantitative estimate of drug-likeness (QED) is 0.357. The van der Waals surface area contributed by atoms with E-state index in [0.29, 0.717) is 13.0 Å². The summed E-state index contributed by atoms with van der Waals surface area (Å²) in [5.74, 6) is 0. The Morgan fingerprint density at radius 3 is 2.71 bits per heavy atom. The van der Waals surface area contributed by atoms with E-state index in [4.69, 9.17) is 15.6 Å². The maximum atomic E-state index is 11.6. The molecule has 0 spiro atoms. The molecule has 8 heteroatoms. The highest BCUT2D eigenvalue weighted by Gasteiger charge is 2.47. The number of nitrogens with two attached hydrogens (primary N) is 1. The molecule has 0 aromatic carbocycles. The predicted molar refractivity (Wildman–Crippen MR) is 55.6 cm³/mol. The molecule has 17 heavy (non-hydrogen) atoms. The van der Waals surface area contributed by atoms with Crippen LogP contribution in [0.25, 0.3) is 0 Å². The smallest absolute Gasteiger partial charge is 0.320 e. The van der Waals surface area contributed by atoms with Crippen molar-refractivity contribution < 1.29 is 24.9 Å². The van der Waals surface area contributed by atoms with E-state index in [1.165, 1.54) is 4.90 Å². The first-order valence-electron chi connectivity index (χ1n) is 5.49. The summed E-state index contributed by atoms with van der Waals surface area (Å²) in [5.41, 5.74) is 5.55. The summed E-state index contributed by atoms with van der Waals surface area (Å²) in [6, 6.07) is -0.446. The fourth-order valence-electron chi connectivity index (χ4n) is 2.07. The Morgan fingerprint density at radius 2 is 2.18 bits per heavy atom. The van der Waals surface area contributed by atoms with Gasteiger partial charge in [0, 0.05) is 6.54 Å². The molecule has 2 amide bonds. The Labute approximate surface area is 98.0 Å². The molecule has 5 atom stereocenters. The molecule has 2 fully saturated rings. The van der Waals surface area contributed by atoms with Crippen molar-refractivity contribution >= 4 is 6.03 Å². The first kappa shape index (κ1) is 12.5. The first-order chi connectivity index (χ1) is 8.04. The van der Waals surface area contributed by atoms with Gasteiger partial charge in [0.2, 0.25) is 0 Å². The third kappa shape index (κ3) is 2.22. The normalized spacial score (nSPS) is 42.7. The van der Waals surface area contributed by atoms with Gasteiger partial charge in [-0.15, -0.1) is 0 Å². The lowest BCUT2D eigenvalue weighted by Crippen LogP contribution is -2.60. The highest BCUT2D eigenvalue weighted by atomic mass is 16.6. The summed E-state index contributed by atoms with van der Waals surface area (Å²) >= 11 is 0. The van der Waals surface area contributed by atoms with Crippen molar-refractivity contribution in [2.75, 3.05) is 13.2 Å². The van der Waals surface area contributed by atoms with Crippen LogP contribution in [0.15, 0.2) is 0 Å². The number of nitrogens with zero attached hydrogens (tertiary/aromatic N) is 1. The fourth-order valence-corrected chi connectivity index (χ4v) is 2.07. The number of aliphatic hydroxyl groups is 3. The average molecular weight is 247 g/mol. The van der Waals surface area contributed by atoms with E-state index in [0.717, 1.165) is 0 Å². The number of rotatable bonds is 2. The van der Waals surface area contributed by atoms with Gasteiger partial charge in [-0.1, -0.05) is 0 Å². The largest absolute Gasteiger partial charge is 0.394 e. The maximum absolute atomic E-state index is 11.6. The molecule has 8 nitrogen and oxygen atoms in total. The summed E-state index contributed by atoms with van der Waals surface area (Å²) < 4.78 is 5.25. The lowest BCUT2D eigenvalue weighted by Gasteiger charge is -2.35. The minimum absolute atomic E-state index is 0.333. The molecule has 2 rings (SSSR count). The maximum Gasteiger partial charge on any atom is 0.320 e. The van der Waals surface area contributed by atoms with Crippen molar-refractivity contribution in [1.29, 1.82) is 0 Å². The number of ether oxygens (including phenoxy) is 1. The van der Waals surface area contributed by atoms with Crippen molar-refractivity contribution in [3.63, 3.8) is 0 Å². The van der Waals surface area contributed by atoms with Gasteiger partial charge in [-0.3, -0.25) is 4.90 Å². The van der Waals surface area contributed by atoms with E-state index in [1.54, 1.807) is 0 Å². The number of urea groups is 1. The minimum atomic E-state index is -1.23. The molecule has 0 saturated carbocycles. The lowest BCUT2D eigenvalue weighted by molar-refractivity contribution is -0.0834. The van der Waals surface area contributed by atoms with Crippen molar-refractivity contribution in [1.82, 2.24) is 10.2 Å². The molecule has 0 aromatic rings. The molecule has 98 valence electrons. The zero-order valence-electron chi connectivity index (χ0n) is 9.19. The second-order valence-electron chi connectivity index (χ2n) is 4.27. The molecule has 3 unspecified atom stereocenters. The number of nitrogens with one attached hydrogen (secondary N) is 1. The first-order valence-corrected chi connectivity index (χ1v) is 5.49. The van der Waals surface area contributed by atoms with Crippen LogP contribution < -0.4 is 11.1 Å². The summed E-state index contributed by atoms with van der Waals surface area (Å²) in [6.45, 7) is -0.0801. The van der Waals surface area contributed by atoms with E-state index >= 15 is 0 Å². The summed E-state index contributed by atoms with van der Waals surface area (Å²) in [6.07, 6.45) is -4.14. The number of amides is 2. The van der Waals surface area contributed by atoms with Gasteiger partial charge >= 0.3 is 6.03 Å². The zero-order chi connectivity index (χ0) is 12.6. The van der Waals surface area contributed by atoms with Gasteiger partial charge in [0.1, 0.15) is 18.3 Å². The molecule has 2 heterocycles. The fraction of sp³-hybridized carbons (Fsp3) is 0.889. The van der Waals surface area contributed by atoms with E-state index in [-0.39, 0.29) is 0 Å². The molecular formula is C9H17N3O5. The van der Waals surface area contributed by atoms with Crippen molar-refractivity contribution in [3.05, 3.63) is 0 Å². The highest BCUT2D eigenvalue weighted by molar-refractivity contribution is 5.75. The van der Waals surface area contributed by atoms with Crippen molar-refractivity contribution in [2.45, 2.75) is 37.1 Å². The van der Waals surface area contributed by atoms with Gasteiger partial charge in [0.25, 0.3) is 0 Å². The standard InChI is InChI=1S/C9H17N3O5/c10-5-1-2-12(9(16)11-5)8-7(15)6(14)4(3-13)17-8/h4-8,13-15H,1-3,10H2,(H,11,16)/t4-,5?,6?,7?,8-/m1/s1. The average Bonchev–Trinajstić information content (AvgIpc) is 2.57. The Kier molecular flexibility index (Phi) is 3.50. The van der Waals surface area contributed by atoms with Crippen molar-refractivity contribution in [2.24, 2.45) is 5.73 Å². The van der Waals surface area contributed by atoms with Crippen molar-refractivity contribution in [3.8, 4) is 0 Å². The number of carbonyl (C=O) groups excluding carboxylic acids is 1. The Morgan fingerprint density at radius 1 is 1.47 bits per heavy atom. The van der Waals surface area contributed by atoms with E-state index in [2.05, 4.69) is 5.32 Å². The van der Waals surface area contributed by atoms with Crippen LogP contribution in [0.5, 0.6) is 0 Å². The molecule has 0 radical (unpaired) electrons. The second-order valence-corrected chi connectivity index (χ2v) is 4.27. The van der Waals surface area contributed by atoms with Gasteiger partial charge in [-0.25, -0.2) is 4.79 Å². The highest BCUT2D eigenvalue weighted by Crippen LogP contribution is 2.25. The Balaban J connectivity index is 2.05. The van der Waals surface area contributed by atoms with Gasteiger partial charge in [0.05, 0.1) is 12.8 Å². The molecule has 0 aromatic heterocycles. The predicted octanol–water partition coefficient (Wildman–Crippen LogP) is -2.87. The zero-order valence-corrected chi connectivity index (χ0v) is 9.19. The van der Waals surface area contributed by atoms with Crippen LogP contribution in [0.2, 0.25) is 0 Å². The van der Waals surface area contributed by atoms with Crippen LogP contribution in [0.3, 0.4) is 0 Å². The van der Waals surface area contributed by atoms with Gasteiger partial charge in [-0.2, -0.15) is 0 Å². The topological polar surface area (TPSA) is 128 Å². The molecular weight excluding hydrogens is 230 g/mol. The van der Waals surface area contributed by atoms with Crippen LogP contribution in [0, 0.1) is 0 Å². The lowest BCUT2D eigenvalue weighted by atomic mass is 10.1. The SMILES string of the molecule is NC1CCN([C@@H]2O[C@H](CO)C(O)C2O)C(=O)N1. The summed E-state index contributed by atoms with van der Waals surface area (Å²) in [4.78, 5) is 12.9. The van der Waals surface area contributed by atoms with Gasteiger partial charge in [0.15, 0.2) is 6.23 Å². The second kappa shape index (κ2) is 4.75. The van der Waals surface area contributed by atoms with Crippen LogP contribution >= 0.6 is 0 Å². The summed E-state index contributed by atoms with van der Waals surface area (Å²) in [5, 5.41) is 30.8. The molecule has 2 saturated heterocycles. The molecule has 6 N–H and O–H groups in total. The monoisotopic (exact) mass is 247 g/mol. The Bertz CT molecular complexity index is 302. The molecule has 0 bridgehead atoms. The van der Waals surface area contributed by atoms with Crippen LogP contribution in [0.1, 0.15) is 6.42 Å². The van der Waals surface area contributed by atoms with Crippen LogP contribution in [-0.2, 0) is 4.74 Å². The van der Waals surface area contributed by atoms with E-state index in [1.807, 2.05) is 0 Å². The minimum Gasteiger partial charge on any atom is -0.394 e. The molecule has 0 aliphatic carbocycles. The number of aliphatic hydroxyl groups excluding tert-OH is 3. The third-order valence-electron chi connectivity index (χ3n) is 3.08.